The summed E-state index contributed by atoms with van der Waals surface area (Å²) in [7, 11) is -3.97. The molecule has 21 heavy (non-hydrogen) atoms. The van der Waals surface area contributed by atoms with Crippen molar-refractivity contribution in [1.29, 1.82) is 0 Å². The monoisotopic (exact) mass is 318 g/mol. The second-order valence-electron chi connectivity index (χ2n) is 5.30. The zero-order valence-corrected chi connectivity index (χ0v) is 12.7. The molecular weight excluding hydrogens is 298 g/mol. The second kappa shape index (κ2) is 6.81. The van der Waals surface area contributed by atoms with Crippen LogP contribution < -0.4 is 10.0 Å². The average Bonchev–Trinajstić information content (AvgIpc) is 2.45. The van der Waals surface area contributed by atoms with E-state index >= 15 is 0 Å². The van der Waals surface area contributed by atoms with Gasteiger partial charge in [0.05, 0.1) is 0 Å². The van der Waals surface area contributed by atoms with Gasteiger partial charge >= 0.3 is 0 Å². The van der Waals surface area contributed by atoms with E-state index in [1.54, 1.807) is 0 Å². The van der Waals surface area contributed by atoms with Crippen molar-refractivity contribution in [3.05, 3.63) is 29.8 Å². The Morgan fingerprint density at radius 2 is 2.14 bits per heavy atom. The Labute approximate surface area is 124 Å². The maximum absolute atomic E-state index is 13.6. The molecule has 0 bridgehead atoms. The number of nitrogens with one attached hydrogen (secondary N) is 2. The molecule has 0 radical (unpaired) electrons. The molecule has 4 nitrogen and oxygen atoms in total. The first-order valence-electron chi connectivity index (χ1n) is 7.12. The minimum Gasteiger partial charge on any atom is -0.312 e. The number of halogens is 2. The van der Waals surface area contributed by atoms with Crippen LogP contribution in [0.4, 0.5) is 8.78 Å². The lowest BCUT2D eigenvalue weighted by molar-refractivity contribution is 0.273. The first kappa shape index (κ1) is 16.3. The third-order valence-corrected chi connectivity index (χ3v) is 5.39. The van der Waals surface area contributed by atoms with Gasteiger partial charge in [0.2, 0.25) is 10.0 Å². The normalized spacial score (nSPS) is 23.2. The van der Waals surface area contributed by atoms with E-state index < -0.39 is 26.6 Å². The molecule has 2 rings (SSSR count). The van der Waals surface area contributed by atoms with Crippen LogP contribution >= 0.6 is 0 Å². The van der Waals surface area contributed by atoms with E-state index in [0.29, 0.717) is 12.0 Å². The van der Waals surface area contributed by atoms with Crippen LogP contribution in [0.1, 0.15) is 26.2 Å². The fraction of sp³-hybridized carbons (Fsp3) is 0.571. The summed E-state index contributed by atoms with van der Waals surface area (Å²) in [4.78, 5) is -0.521. The number of benzene rings is 1. The molecule has 1 fully saturated rings. The Hall–Kier alpha value is -1.05. The summed E-state index contributed by atoms with van der Waals surface area (Å²) in [5.41, 5.74) is 0. The van der Waals surface area contributed by atoms with E-state index in [4.69, 9.17) is 0 Å². The van der Waals surface area contributed by atoms with Crippen LogP contribution in [-0.2, 0) is 10.0 Å². The molecule has 2 atom stereocenters. The number of hydrogen-bond acceptors (Lipinski definition) is 3. The van der Waals surface area contributed by atoms with Crippen LogP contribution in [0.3, 0.4) is 0 Å². The van der Waals surface area contributed by atoms with E-state index in [1.807, 2.05) is 0 Å². The maximum Gasteiger partial charge on any atom is 0.243 e. The SMILES string of the molecule is CCC1CCCNC1CNS(=O)(=O)c1ccc(F)cc1F. The largest absolute Gasteiger partial charge is 0.312 e. The van der Waals surface area contributed by atoms with Crippen molar-refractivity contribution in [2.24, 2.45) is 5.92 Å². The highest BCUT2D eigenvalue weighted by molar-refractivity contribution is 7.89. The minimum absolute atomic E-state index is 0.0436. The van der Waals surface area contributed by atoms with Crippen LogP contribution in [0.5, 0.6) is 0 Å². The van der Waals surface area contributed by atoms with Crippen molar-refractivity contribution >= 4 is 10.0 Å². The molecule has 2 N–H and O–H groups in total. The first-order valence-corrected chi connectivity index (χ1v) is 8.60. The van der Waals surface area contributed by atoms with Gasteiger partial charge in [0.25, 0.3) is 0 Å². The van der Waals surface area contributed by atoms with Gasteiger partial charge in [0.15, 0.2) is 0 Å². The lowest BCUT2D eigenvalue weighted by Gasteiger charge is -2.32. The summed E-state index contributed by atoms with van der Waals surface area (Å²) in [6.45, 7) is 3.13. The predicted molar refractivity (Wildman–Crippen MR) is 76.4 cm³/mol. The van der Waals surface area contributed by atoms with Crippen molar-refractivity contribution in [2.75, 3.05) is 13.1 Å². The lowest BCUT2D eigenvalue weighted by Crippen LogP contribution is -2.48. The van der Waals surface area contributed by atoms with Crippen molar-refractivity contribution in [3.63, 3.8) is 0 Å². The Morgan fingerprint density at radius 1 is 1.38 bits per heavy atom. The molecule has 118 valence electrons. The van der Waals surface area contributed by atoms with Crippen LogP contribution in [0, 0.1) is 17.6 Å². The zero-order valence-electron chi connectivity index (χ0n) is 11.9. The molecule has 7 heteroatoms. The Balaban J connectivity index is 2.07. The van der Waals surface area contributed by atoms with Crippen LogP contribution in [0.15, 0.2) is 23.1 Å². The number of rotatable bonds is 5. The molecule has 1 aliphatic rings. The van der Waals surface area contributed by atoms with Gasteiger partial charge in [-0.1, -0.05) is 13.3 Å². The van der Waals surface area contributed by atoms with E-state index in [-0.39, 0.29) is 12.6 Å². The first-order chi connectivity index (χ1) is 9.94. The Bertz CT molecular complexity index is 593. The van der Waals surface area contributed by atoms with Crippen molar-refractivity contribution in [3.8, 4) is 0 Å². The van der Waals surface area contributed by atoms with E-state index in [0.717, 1.165) is 37.9 Å². The summed E-state index contributed by atoms with van der Waals surface area (Å²) in [6, 6.07) is 2.49. The predicted octanol–water partition coefficient (Wildman–Crippen LogP) is 2.02. The maximum atomic E-state index is 13.6. The molecular formula is C14H20F2N2O2S. The fourth-order valence-electron chi connectivity index (χ4n) is 2.72. The van der Waals surface area contributed by atoms with Gasteiger partial charge < -0.3 is 5.32 Å². The van der Waals surface area contributed by atoms with Crippen LogP contribution in [-0.4, -0.2) is 27.5 Å². The number of sulfonamides is 1. The highest BCUT2D eigenvalue weighted by Gasteiger charge is 2.26. The van der Waals surface area contributed by atoms with E-state index in [1.165, 1.54) is 0 Å². The molecule has 1 aromatic rings. The summed E-state index contributed by atoms with van der Waals surface area (Å²) in [5.74, 6) is -1.47. The Morgan fingerprint density at radius 3 is 2.81 bits per heavy atom. The lowest BCUT2D eigenvalue weighted by atomic mass is 9.89. The molecule has 1 heterocycles. The zero-order chi connectivity index (χ0) is 15.5. The standard InChI is InChI=1S/C14H20F2N2O2S/c1-2-10-4-3-7-17-13(10)9-18-21(19,20)14-6-5-11(15)8-12(14)16/h5-6,8,10,13,17-18H,2-4,7,9H2,1H3. The summed E-state index contributed by atoms with van der Waals surface area (Å²) < 4.78 is 53.0. The molecule has 0 saturated carbocycles. The summed E-state index contributed by atoms with van der Waals surface area (Å²) in [6.07, 6.45) is 3.10. The van der Waals surface area contributed by atoms with Crippen molar-refractivity contribution in [1.82, 2.24) is 10.0 Å². The van der Waals surface area contributed by atoms with Gasteiger partial charge in [-0.3, -0.25) is 0 Å². The summed E-state index contributed by atoms with van der Waals surface area (Å²) >= 11 is 0. The molecule has 0 aromatic heterocycles. The molecule has 1 saturated heterocycles. The van der Waals surface area contributed by atoms with Crippen LogP contribution in [0.2, 0.25) is 0 Å². The quantitative estimate of drug-likeness (QED) is 0.873. The molecule has 0 amide bonds. The molecule has 0 spiro atoms. The van der Waals surface area contributed by atoms with Gasteiger partial charge in [-0.05, 0) is 37.4 Å². The topological polar surface area (TPSA) is 58.2 Å². The Kier molecular flexibility index (Phi) is 5.29. The van der Waals surface area contributed by atoms with E-state index in [2.05, 4.69) is 17.0 Å². The third kappa shape index (κ3) is 3.99. The molecule has 2 unspecified atom stereocenters. The smallest absolute Gasteiger partial charge is 0.243 e. The summed E-state index contributed by atoms with van der Waals surface area (Å²) in [5, 5.41) is 3.29. The van der Waals surface area contributed by atoms with E-state index in [9.17, 15) is 17.2 Å². The van der Waals surface area contributed by atoms with Gasteiger partial charge in [0, 0.05) is 18.7 Å². The highest BCUT2D eigenvalue weighted by Crippen LogP contribution is 2.20. The average molecular weight is 318 g/mol. The number of hydrogen-bond donors (Lipinski definition) is 2. The second-order valence-corrected chi connectivity index (χ2v) is 7.03. The number of piperidine rings is 1. The van der Waals surface area contributed by atoms with Crippen molar-refractivity contribution in [2.45, 2.75) is 37.1 Å². The van der Waals surface area contributed by atoms with Crippen LogP contribution in [0.25, 0.3) is 0 Å². The fourth-order valence-corrected chi connectivity index (χ4v) is 3.83. The molecule has 0 aliphatic carbocycles. The molecule has 1 aromatic carbocycles. The highest BCUT2D eigenvalue weighted by atomic mass is 32.2. The van der Waals surface area contributed by atoms with Crippen molar-refractivity contribution < 1.29 is 17.2 Å². The molecule has 1 aliphatic heterocycles. The van der Waals surface area contributed by atoms with Gasteiger partial charge in [-0.2, -0.15) is 0 Å². The third-order valence-electron chi connectivity index (χ3n) is 3.93. The minimum atomic E-state index is -3.97. The van der Waals surface area contributed by atoms with Gasteiger partial charge in [0.1, 0.15) is 16.5 Å². The van der Waals surface area contributed by atoms with Gasteiger partial charge in [-0.25, -0.2) is 21.9 Å². The van der Waals surface area contributed by atoms with Gasteiger partial charge in [-0.15, -0.1) is 0 Å².